The van der Waals surface area contributed by atoms with Crippen molar-refractivity contribution in [2.24, 2.45) is 11.8 Å². The van der Waals surface area contributed by atoms with Gasteiger partial charge in [0, 0.05) is 36.5 Å². The Bertz CT molecular complexity index is 1630. The number of phenols is 2. The Morgan fingerprint density at radius 1 is 0.542 bits per heavy atom. The Labute approximate surface area is 285 Å². The molecule has 248 valence electrons. The summed E-state index contributed by atoms with van der Waals surface area (Å²) in [7, 11) is 0. The highest BCUT2D eigenvalue weighted by Gasteiger charge is 2.47. The first kappa shape index (κ1) is 32.4. The molecule has 4 aromatic carbocycles. The molecule has 8 rings (SSSR count). The third-order valence-corrected chi connectivity index (χ3v) is 12.2. The number of aryl methyl sites for hydroxylation is 2. The van der Waals surface area contributed by atoms with Gasteiger partial charge in [0.15, 0.2) is 0 Å². The van der Waals surface area contributed by atoms with Crippen molar-refractivity contribution in [2.75, 3.05) is 0 Å². The summed E-state index contributed by atoms with van der Waals surface area (Å²) in [5.74, 6) is 2.40. The Balaban J connectivity index is 0.000000152. The van der Waals surface area contributed by atoms with Crippen molar-refractivity contribution in [3.63, 3.8) is 0 Å². The fourth-order valence-electron chi connectivity index (χ4n) is 9.94. The molecule has 4 aromatic rings. The zero-order valence-corrected chi connectivity index (χ0v) is 28.0. The highest BCUT2D eigenvalue weighted by atomic mass is 16.3. The van der Waals surface area contributed by atoms with E-state index >= 15 is 0 Å². The number of hydrogen-bond acceptors (Lipinski definition) is 4. The standard InChI is InChI=1S/2C22H24O2/c2*23-19-9-10-21-17(13-19)7-4-8-18-14-20(24)11-12-22(18,21)15-16-5-2-1-3-6-16/h2*1-3,5-6,9-10,13,18,23H,4,7-8,11-12,14-15H2/t2*18-,22-/m10/s1. The Morgan fingerprint density at radius 3 is 1.38 bits per heavy atom. The first-order chi connectivity index (χ1) is 23.3. The second-order valence-corrected chi connectivity index (χ2v) is 15.0. The van der Waals surface area contributed by atoms with Gasteiger partial charge in [-0.2, -0.15) is 0 Å². The van der Waals surface area contributed by atoms with Crippen molar-refractivity contribution < 1.29 is 19.8 Å². The third-order valence-electron chi connectivity index (χ3n) is 12.2. The molecular weight excluding hydrogens is 592 g/mol. The number of hydrogen-bond donors (Lipinski definition) is 2. The van der Waals surface area contributed by atoms with Gasteiger partial charge in [0.05, 0.1) is 0 Å². The highest BCUT2D eigenvalue weighted by molar-refractivity contribution is 5.81. The molecule has 2 saturated carbocycles. The summed E-state index contributed by atoms with van der Waals surface area (Å²) in [5.41, 5.74) is 8.07. The van der Waals surface area contributed by atoms with Crippen molar-refractivity contribution in [1.82, 2.24) is 0 Å². The molecule has 4 atom stereocenters. The summed E-state index contributed by atoms with van der Waals surface area (Å²) < 4.78 is 0. The van der Waals surface area contributed by atoms with Crippen molar-refractivity contribution in [3.05, 3.63) is 130 Å². The number of Topliss-reactive ketones (excluding diaryl/α,β-unsaturated/α-hetero) is 2. The van der Waals surface area contributed by atoms with Crippen LogP contribution in [0.2, 0.25) is 0 Å². The van der Waals surface area contributed by atoms with Gasteiger partial charge in [-0.25, -0.2) is 0 Å². The van der Waals surface area contributed by atoms with E-state index in [1.807, 2.05) is 24.3 Å². The van der Waals surface area contributed by atoms with Crippen LogP contribution in [-0.2, 0) is 46.1 Å². The predicted octanol–water partition coefficient (Wildman–Crippen LogP) is 9.16. The lowest BCUT2D eigenvalue weighted by Crippen LogP contribution is -2.42. The van der Waals surface area contributed by atoms with E-state index in [-0.39, 0.29) is 10.8 Å². The van der Waals surface area contributed by atoms with Crippen LogP contribution in [0.5, 0.6) is 11.5 Å². The van der Waals surface area contributed by atoms with Gasteiger partial charge < -0.3 is 10.2 Å². The van der Waals surface area contributed by atoms with E-state index in [1.54, 1.807) is 0 Å². The van der Waals surface area contributed by atoms with Crippen LogP contribution in [-0.4, -0.2) is 21.8 Å². The van der Waals surface area contributed by atoms with E-state index in [2.05, 4.69) is 72.8 Å². The lowest BCUT2D eigenvalue weighted by atomic mass is 9.59. The van der Waals surface area contributed by atoms with Crippen molar-refractivity contribution in [2.45, 2.75) is 101 Å². The molecular formula is C44H48O4. The molecule has 4 nitrogen and oxygen atoms in total. The summed E-state index contributed by atoms with van der Waals surface area (Å²) in [4.78, 5) is 24.3. The highest BCUT2D eigenvalue weighted by Crippen LogP contribution is 2.52. The maximum absolute atomic E-state index is 12.2. The molecule has 2 N–H and O–H groups in total. The van der Waals surface area contributed by atoms with Crippen molar-refractivity contribution in [1.29, 1.82) is 0 Å². The summed E-state index contributed by atoms with van der Waals surface area (Å²) in [5, 5.41) is 19.9. The van der Waals surface area contributed by atoms with Crippen molar-refractivity contribution >= 4 is 11.6 Å². The molecule has 0 heterocycles. The van der Waals surface area contributed by atoms with E-state index in [1.165, 1.54) is 33.4 Å². The van der Waals surface area contributed by atoms with Crippen LogP contribution >= 0.6 is 0 Å². The average molecular weight is 641 g/mol. The number of carbonyl (C=O) groups excluding carboxylic acids is 2. The van der Waals surface area contributed by atoms with Crippen molar-refractivity contribution in [3.8, 4) is 11.5 Å². The number of rotatable bonds is 4. The average Bonchev–Trinajstić information content (AvgIpc) is 3.33. The number of phenolic OH excluding ortho intramolecular Hbond substituents is 2. The van der Waals surface area contributed by atoms with Gasteiger partial charge in [0.1, 0.15) is 23.1 Å². The van der Waals surface area contributed by atoms with Crippen LogP contribution < -0.4 is 0 Å². The van der Waals surface area contributed by atoms with Crippen LogP contribution in [0, 0.1) is 11.8 Å². The zero-order chi connectivity index (χ0) is 33.1. The molecule has 0 unspecified atom stereocenters. The largest absolute Gasteiger partial charge is 0.508 e. The number of fused-ring (bicyclic) bond motifs is 6. The summed E-state index contributed by atoms with van der Waals surface area (Å²) in [6, 6.07) is 33.1. The molecule has 0 saturated heterocycles. The molecule has 0 bridgehead atoms. The van der Waals surface area contributed by atoms with Crippen LogP contribution in [0.15, 0.2) is 97.1 Å². The molecule has 0 aliphatic heterocycles. The van der Waals surface area contributed by atoms with Gasteiger partial charge in [-0.3, -0.25) is 9.59 Å². The maximum Gasteiger partial charge on any atom is 0.133 e. The topological polar surface area (TPSA) is 74.6 Å². The van der Waals surface area contributed by atoms with E-state index < -0.39 is 0 Å². The SMILES string of the molecule is O=C1CC[C@@]2(Cc3ccccc3)c3ccc(O)cc3CCC[C@H]2C1.O=C1CC[C@]2(Cc3ccccc3)c3ccc(O)cc3CCC[C@@H]2C1. The summed E-state index contributed by atoms with van der Waals surface area (Å²) in [6.45, 7) is 0. The van der Waals surface area contributed by atoms with E-state index in [0.29, 0.717) is 60.6 Å². The Morgan fingerprint density at radius 2 is 0.958 bits per heavy atom. The van der Waals surface area contributed by atoms with Crippen LogP contribution in [0.4, 0.5) is 0 Å². The first-order valence-electron chi connectivity index (χ1n) is 18.1. The summed E-state index contributed by atoms with van der Waals surface area (Å²) >= 11 is 0. The van der Waals surface area contributed by atoms with Gasteiger partial charge in [-0.1, -0.05) is 72.8 Å². The zero-order valence-electron chi connectivity index (χ0n) is 28.0. The lowest BCUT2D eigenvalue weighted by molar-refractivity contribution is -0.124. The van der Waals surface area contributed by atoms with Gasteiger partial charge in [0.2, 0.25) is 0 Å². The number of ketones is 2. The fraction of sp³-hybridized carbons (Fsp3) is 0.409. The minimum atomic E-state index is 0.0365. The third kappa shape index (κ3) is 6.46. The quantitative estimate of drug-likeness (QED) is 0.233. The molecule has 0 aromatic heterocycles. The number of carbonyl (C=O) groups is 2. The second-order valence-electron chi connectivity index (χ2n) is 15.0. The van der Waals surface area contributed by atoms with Gasteiger partial charge in [0.25, 0.3) is 0 Å². The Kier molecular flexibility index (Phi) is 9.27. The molecule has 4 aliphatic carbocycles. The van der Waals surface area contributed by atoms with Gasteiger partial charge in [-0.05, 0) is 134 Å². The molecule has 4 aliphatic rings. The van der Waals surface area contributed by atoms with Crippen LogP contribution in [0.25, 0.3) is 0 Å². The first-order valence-corrected chi connectivity index (χ1v) is 18.1. The molecule has 0 radical (unpaired) electrons. The van der Waals surface area contributed by atoms with Gasteiger partial charge >= 0.3 is 0 Å². The second kappa shape index (κ2) is 13.7. The van der Waals surface area contributed by atoms with Gasteiger partial charge in [-0.15, -0.1) is 0 Å². The summed E-state index contributed by atoms with van der Waals surface area (Å²) in [6.07, 6.45) is 13.1. The van der Waals surface area contributed by atoms with E-state index in [0.717, 1.165) is 64.2 Å². The van der Waals surface area contributed by atoms with E-state index in [9.17, 15) is 19.8 Å². The maximum atomic E-state index is 12.2. The van der Waals surface area contributed by atoms with Crippen LogP contribution in [0.3, 0.4) is 0 Å². The smallest absolute Gasteiger partial charge is 0.133 e. The van der Waals surface area contributed by atoms with E-state index in [4.69, 9.17) is 0 Å². The molecule has 48 heavy (non-hydrogen) atoms. The lowest BCUT2D eigenvalue weighted by Gasteiger charge is -2.44. The Hall–Kier alpha value is -4.18. The normalized spacial score (nSPS) is 26.3. The molecule has 2 fully saturated rings. The minimum absolute atomic E-state index is 0.0365. The molecule has 4 heteroatoms. The number of benzene rings is 4. The minimum Gasteiger partial charge on any atom is -0.508 e. The molecule has 0 amide bonds. The molecule has 0 spiro atoms. The monoisotopic (exact) mass is 640 g/mol. The predicted molar refractivity (Wildman–Crippen MR) is 190 cm³/mol. The van der Waals surface area contributed by atoms with Crippen LogP contribution in [0.1, 0.15) is 97.6 Å². The fourth-order valence-corrected chi connectivity index (χ4v) is 9.94. The number of aromatic hydroxyl groups is 2.